The minimum absolute atomic E-state index is 0.0522. The van der Waals surface area contributed by atoms with Gasteiger partial charge < -0.3 is 15.7 Å². The smallest absolute Gasteiger partial charge is 0.0609 e. The van der Waals surface area contributed by atoms with Gasteiger partial charge in [-0.05, 0) is 32.7 Å². The molecule has 0 amide bonds. The molecule has 3 heteroatoms. The normalized spacial score (nSPS) is 18.2. The van der Waals surface area contributed by atoms with Crippen molar-refractivity contribution in [3.8, 4) is 0 Å². The van der Waals surface area contributed by atoms with Crippen LogP contribution in [0.3, 0.4) is 0 Å². The van der Waals surface area contributed by atoms with E-state index in [4.69, 9.17) is 10.8 Å². The number of hydrogen-bond acceptors (Lipinski definition) is 3. The third-order valence-electron chi connectivity index (χ3n) is 2.75. The van der Waals surface area contributed by atoms with E-state index in [1.54, 1.807) is 0 Å². The monoisotopic (exact) mass is 216 g/mol. The Kier molecular flexibility index (Phi) is 6.41. The zero-order valence-electron chi connectivity index (χ0n) is 11.0. The van der Waals surface area contributed by atoms with E-state index in [0.717, 1.165) is 19.5 Å². The van der Waals surface area contributed by atoms with Crippen molar-refractivity contribution in [1.29, 1.82) is 0 Å². The van der Waals surface area contributed by atoms with Crippen LogP contribution < -0.4 is 5.73 Å². The maximum atomic E-state index is 9.14. The lowest BCUT2D eigenvalue weighted by molar-refractivity contribution is 0.131. The quantitative estimate of drug-likeness (QED) is 0.677. The van der Waals surface area contributed by atoms with Gasteiger partial charge in [-0.25, -0.2) is 0 Å². The second-order valence-electron chi connectivity index (χ2n) is 5.35. The molecule has 0 radical (unpaired) electrons. The van der Waals surface area contributed by atoms with Crippen LogP contribution in [0.5, 0.6) is 0 Å². The zero-order valence-corrected chi connectivity index (χ0v) is 11.0. The van der Waals surface area contributed by atoms with E-state index in [-0.39, 0.29) is 6.61 Å². The van der Waals surface area contributed by atoms with Crippen LogP contribution in [-0.2, 0) is 0 Å². The lowest BCUT2D eigenvalue weighted by Gasteiger charge is -2.34. The lowest BCUT2D eigenvalue weighted by Crippen LogP contribution is -2.47. The molecule has 92 valence electrons. The average Bonchev–Trinajstić information content (AvgIpc) is 2.13. The van der Waals surface area contributed by atoms with E-state index in [1.165, 1.54) is 0 Å². The number of rotatable bonds is 7. The first-order valence-electron chi connectivity index (χ1n) is 5.96. The van der Waals surface area contributed by atoms with Gasteiger partial charge >= 0.3 is 0 Å². The van der Waals surface area contributed by atoms with Gasteiger partial charge in [0.15, 0.2) is 0 Å². The Morgan fingerprint density at radius 1 is 1.33 bits per heavy atom. The van der Waals surface area contributed by atoms with Gasteiger partial charge in [-0.2, -0.15) is 0 Å². The van der Waals surface area contributed by atoms with Crippen LogP contribution in [0.2, 0.25) is 0 Å². The fraction of sp³-hybridized carbons (Fsp3) is 1.00. The van der Waals surface area contributed by atoms with Crippen molar-refractivity contribution in [3.05, 3.63) is 0 Å². The standard InChI is InChI=1S/C12H28N2O/c1-6-14(8-10(2)3)11(4)7-12(5,13)9-15/h10-11,15H,6-9,13H2,1-5H3. The van der Waals surface area contributed by atoms with Crippen LogP contribution in [0.4, 0.5) is 0 Å². The second kappa shape index (κ2) is 6.46. The van der Waals surface area contributed by atoms with Crippen molar-refractivity contribution in [2.24, 2.45) is 11.7 Å². The Balaban J connectivity index is 4.20. The summed E-state index contributed by atoms with van der Waals surface area (Å²) in [6, 6.07) is 0.430. The van der Waals surface area contributed by atoms with Gasteiger partial charge in [0.2, 0.25) is 0 Å². The van der Waals surface area contributed by atoms with E-state index in [2.05, 4.69) is 32.6 Å². The fourth-order valence-corrected chi connectivity index (χ4v) is 1.96. The minimum atomic E-state index is -0.455. The summed E-state index contributed by atoms with van der Waals surface area (Å²) in [5, 5.41) is 9.14. The Hall–Kier alpha value is -0.120. The number of aliphatic hydroxyl groups is 1. The van der Waals surface area contributed by atoms with Gasteiger partial charge in [-0.3, -0.25) is 0 Å². The van der Waals surface area contributed by atoms with Gasteiger partial charge in [-0.15, -0.1) is 0 Å². The molecule has 0 heterocycles. The van der Waals surface area contributed by atoms with Crippen molar-refractivity contribution < 1.29 is 5.11 Å². The van der Waals surface area contributed by atoms with Crippen LogP contribution in [0.15, 0.2) is 0 Å². The number of nitrogens with two attached hydrogens (primary N) is 1. The minimum Gasteiger partial charge on any atom is -0.394 e. The van der Waals surface area contributed by atoms with Crippen molar-refractivity contribution >= 4 is 0 Å². The van der Waals surface area contributed by atoms with Crippen molar-refractivity contribution in [2.45, 2.75) is 52.6 Å². The molecule has 0 saturated heterocycles. The molecule has 2 unspecified atom stereocenters. The molecule has 0 aliphatic rings. The first-order valence-corrected chi connectivity index (χ1v) is 5.96. The molecule has 3 nitrogen and oxygen atoms in total. The van der Waals surface area contributed by atoms with E-state index in [1.807, 2.05) is 6.92 Å². The molecule has 0 aromatic heterocycles. The summed E-state index contributed by atoms with van der Waals surface area (Å²) in [7, 11) is 0. The highest BCUT2D eigenvalue weighted by Crippen LogP contribution is 2.14. The van der Waals surface area contributed by atoms with Crippen molar-refractivity contribution in [2.75, 3.05) is 19.7 Å². The van der Waals surface area contributed by atoms with E-state index >= 15 is 0 Å². The molecule has 0 aromatic rings. The maximum Gasteiger partial charge on any atom is 0.0609 e. The SMILES string of the molecule is CCN(CC(C)C)C(C)CC(C)(N)CO. The maximum absolute atomic E-state index is 9.14. The van der Waals surface area contributed by atoms with E-state index in [9.17, 15) is 0 Å². The van der Waals surface area contributed by atoms with Crippen LogP contribution in [-0.4, -0.2) is 41.3 Å². The Labute approximate surface area is 94.6 Å². The summed E-state index contributed by atoms with van der Waals surface area (Å²) in [4.78, 5) is 2.42. The Morgan fingerprint density at radius 2 is 1.87 bits per heavy atom. The number of aliphatic hydroxyl groups excluding tert-OH is 1. The largest absolute Gasteiger partial charge is 0.394 e. The molecule has 15 heavy (non-hydrogen) atoms. The molecule has 0 bridgehead atoms. The highest BCUT2D eigenvalue weighted by Gasteiger charge is 2.23. The number of hydrogen-bond donors (Lipinski definition) is 2. The highest BCUT2D eigenvalue weighted by atomic mass is 16.3. The summed E-state index contributed by atoms with van der Waals surface area (Å²) >= 11 is 0. The summed E-state index contributed by atoms with van der Waals surface area (Å²) < 4.78 is 0. The molecular formula is C12H28N2O. The predicted octanol–water partition coefficient (Wildman–Crippen LogP) is 1.45. The second-order valence-corrected chi connectivity index (χ2v) is 5.35. The topological polar surface area (TPSA) is 49.5 Å². The third kappa shape index (κ3) is 6.13. The summed E-state index contributed by atoms with van der Waals surface area (Å²) in [5.74, 6) is 0.672. The molecule has 0 aliphatic heterocycles. The van der Waals surface area contributed by atoms with Crippen molar-refractivity contribution in [1.82, 2.24) is 4.90 Å². The summed E-state index contributed by atoms with van der Waals surface area (Å²) in [6.45, 7) is 12.9. The molecule has 0 fully saturated rings. The molecular weight excluding hydrogens is 188 g/mol. The first-order chi connectivity index (χ1) is 6.82. The van der Waals surface area contributed by atoms with Gasteiger partial charge in [-0.1, -0.05) is 20.8 Å². The summed E-state index contributed by atoms with van der Waals surface area (Å²) in [6.07, 6.45) is 0.837. The average molecular weight is 216 g/mol. The predicted molar refractivity (Wildman–Crippen MR) is 65.8 cm³/mol. The van der Waals surface area contributed by atoms with E-state index < -0.39 is 5.54 Å². The molecule has 0 aliphatic carbocycles. The molecule has 0 spiro atoms. The first kappa shape index (κ1) is 14.9. The van der Waals surface area contributed by atoms with Crippen LogP contribution in [0, 0.1) is 5.92 Å². The summed E-state index contributed by atoms with van der Waals surface area (Å²) in [5.41, 5.74) is 5.51. The molecule has 0 saturated carbocycles. The van der Waals surface area contributed by atoms with Gasteiger partial charge in [0, 0.05) is 18.1 Å². The Morgan fingerprint density at radius 3 is 2.20 bits per heavy atom. The lowest BCUT2D eigenvalue weighted by atomic mass is 9.94. The van der Waals surface area contributed by atoms with Crippen LogP contribution in [0.25, 0.3) is 0 Å². The van der Waals surface area contributed by atoms with Gasteiger partial charge in [0.1, 0.15) is 0 Å². The van der Waals surface area contributed by atoms with Crippen LogP contribution >= 0.6 is 0 Å². The van der Waals surface area contributed by atoms with Gasteiger partial charge in [0.25, 0.3) is 0 Å². The third-order valence-corrected chi connectivity index (χ3v) is 2.75. The molecule has 0 aromatic carbocycles. The fourth-order valence-electron chi connectivity index (χ4n) is 1.96. The molecule has 3 N–H and O–H groups in total. The van der Waals surface area contributed by atoms with Crippen LogP contribution in [0.1, 0.15) is 41.0 Å². The van der Waals surface area contributed by atoms with E-state index in [0.29, 0.717) is 12.0 Å². The molecule has 2 atom stereocenters. The number of nitrogens with zero attached hydrogens (tertiary/aromatic N) is 1. The highest BCUT2D eigenvalue weighted by molar-refractivity contribution is 4.83. The van der Waals surface area contributed by atoms with Gasteiger partial charge in [0.05, 0.1) is 6.61 Å². The molecule has 0 rings (SSSR count). The van der Waals surface area contributed by atoms with Crippen molar-refractivity contribution in [3.63, 3.8) is 0 Å². The Bertz CT molecular complexity index is 169. The zero-order chi connectivity index (χ0) is 12.1.